The summed E-state index contributed by atoms with van der Waals surface area (Å²) < 4.78 is 1.02. The summed E-state index contributed by atoms with van der Waals surface area (Å²) in [6, 6.07) is 13.0. The van der Waals surface area contributed by atoms with Crippen LogP contribution >= 0.6 is 39.1 Å². The second kappa shape index (κ2) is 7.97. The van der Waals surface area contributed by atoms with Crippen molar-refractivity contribution in [2.24, 2.45) is 0 Å². The average molecular weight is 402 g/mol. The second-order valence-corrected chi connectivity index (χ2v) is 6.58. The quantitative estimate of drug-likeness (QED) is 0.778. The Labute approximate surface area is 148 Å². The highest BCUT2D eigenvalue weighted by Crippen LogP contribution is 2.29. The zero-order chi connectivity index (χ0) is 16.1. The van der Waals surface area contributed by atoms with Crippen LogP contribution in [0, 0.1) is 0 Å². The number of nitrogens with one attached hydrogen (secondary N) is 1. The van der Waals surface area contributed by atoms with E-state index in [1.54, 1.807) is 18.2 Å². The van der Waals surface area contributed by atoms with Gasteiger partial charge in [0.15, 0.2) is 0 Å². The van der Waals surface area contributed by atoms with Crippen LogP contribution < -0.4 is 5.32 Å². The maximum Gasteiger partial charge on any atom is 0.238 e. The Bertz CT molecular complexity index is 659. The number of hydrogen-bond acceptors (Lipinski definition) is 2. The largest absolute Gasteiger partial charge is 0.322 e. The monoisotopic (exact) mass is 400 g/mol. The van der Waals surface area contributed by atoms with Crippen LogP contribution in [0.1, 0.15) is 5.56 Å². The Hall–Kier alpha value is -1.07. The first-order valence-electron chi connectivity index (χ1n) is 6.63. The van der Waals surface area contributed by atoms with Gasteiger partial charge in [-0.2, -0.15) is 0 Å². The molecule has 0 aliphatic rings. The fourth-order valence-corrected chi connectivity index (χ4v) is 2.92. The molecule has 0 aromatic heterocycles. The Morgan fingerprint density at radius 1 is 1.14 bits per heavy atom. The number of likely N-dealkylation sites (N-methyl/N-ethyl adjacent to an activating group) is 1. The minimum Gasteiger partial charge on any atom is -0.322 e. The number of anilines is 1. The molecule has 0 aliphatic heterocycles. The summed E-state index contributed by atoms with van der Waals surface area (Å²) in [6.07, 6.45) is 0. The third-order valence-electron chi connectivity index (χ3n) is 3.04. The molecular formula is C16H15BrCl2N2O. The maximum absolute atomic E-state index is 12.1. The van der Waals surface area contributed by atoms with Crippen LogP contribution in [0.25, 0.3) is 0 Å². The molecule has 0 bridgehead atoms. The summed E-state index contributed by atoms with van der Waals surface area (Å²) in [5.74, 6) is -0.162. The number of benzene rings is 2. The van der Waals surface area contributed by atoms with Gasteiger partial charge in [-0.25, -0.2) is 0 Å². The molecule has 1 amide bonds. The third kappa shape index (κ3) is 4.71. The molecule has 0 atom stereocenters. The molecule has 3 nitrogen and oxygen atoms in total. The van der Waals surface area contributed by atoms with Gasteiger partial charge in [0.2, 0.25) is 5.91 Å². The summed E-state index contributed by atoms with van der Waals surface area (Å²) in [5.41, 5.74) is 1.57. The molecule has 22 heavy (non-hydrogen) atoms. The SMILES string of the molecule is CN(CC(=O)Nc1c(Cl)cccc1Cl)Cc1ccccc1Br. The van der Waals surface area contributed by atoms with Crippen molar-refractivity contribution in [3.05, 3.63) is 62.5 Å². The lowest BCUT2D eigenvalue weighted by Crippen LogP contribution is -2.30. The van der Waals surface area contributed by atoms with Crippen LogP contribution in [0.15, 0.2) is 46.9 Å². The highest BCUT2D eigenvalue weighted by atomic mass is 79.9. The molecule has 0 radical (unpaired) electrons. The highest BCUT2D eigenvalue weighted by Gasteiger charge is 2.12. The molecule has 0 spiro atoms. The number of rotatable bonds is 5. The van der Waals surface area contributed by atoms with Gasteiger partial charge in [-0.05, 0) is 30.8 Å². The molecular weight excluding hydrogens is 387 g/mol. The van der Waals surface area contributed by atoms with Gasteiger partial charge in [-0.15, -0.1) is 0 Å². The topological polar surface area (TPSA) is 32.3 Å². The van der Waals surface area contributed by atoms with E-state index in [1.807, 2.05) is 36.2 Å². The summed E-state index contributed by atoms with van der Waals surface area (Å²) >= 11 is 15.6. The average Bonchev–Trinajstić information content (AvgIpc) is 2.45. The van der Waals surface area contributed by atoms with Crippen LogP contribution in [0.3, 0.4) is 0 Å². The lowest BCUT2D eigenvalue weighted by Gasteiger charge is -2.18. The molecule has 0 heterocycles. The molecule has 2 rings (SSSR count). The van der Waals surface area contributed by atoms with Crippen molar-refractivity contribution in [2.45, 2.75) is 6.54 Å². The Morgan fingerprint density at radius 2 is 1.77 bits per heavy atom. The zero-order valence-corrected chi connectivity index (χ0v) is 15.0. The van der Waals surface area contributed by atoms with E-state index >= 15 is 0 Å². The number of para-hydroxylation sites is 1. The molecule has 0 aliphatic carbocycles. The maximum atomic E-state index is 12.1. The van der Waals surface area contributed by atoms with Crippen molar-refractivity contribution < 1.29 is 4.79 Å². The minimum absolute atomic E-state index is 0.162. The molecule has 2 aromatic rings. The van der Waals surface area contributed by atoms with Gasteiger partial charge in [-0.1, -0.05) is 63.4 Å². The van der Waals surface area contributed by atoms with Gasteiger partial charge in [-0.3, -0.25) is 9.69 Å². The predicted octanol–water partition coefficient (Wildman–Crippen LogP) is 4.83. The molecule has 0 fully saturated rings. The van der Waals surface area contributed by atoms with Gasteiger partial charge < -0.3 is 5.32 Å². The molecule has 0 unspecified atom stereocenters. The van der Waals surface area contributed by atoms with Gasteiger partial charge in [0.1, 0.15) is 0 Å². The van der Waals surface area contributed by atoms with Crippen molar-refractivity contribution in [3.63, 3.8) is 0 Å². The smallest absolute Gasteiger partial charge is 0.238 e. The van der Waals surface area contributed by atoms with Crippen LogP contribution in [-0.4, -0.2) is 24.4 Å². The number of hydrogen-bond donors (Lipinski definition) is 1. The Balaban J connectivity index is 1.96. The van der Waals surface area contributed by atoms with E-state index in [0.29, 0.717) is 22.3 Å². The van der Waals surface area contributed by atoms with E-state index in [-0.39, 0.29) is 12.5 Å². The fourth-order valence-electron chi connectivity index (χ4n) is 2.01. The fraction of sp³-hybridized carbons (Fsp3) is 0.188. The number of carbonyl (C=O) groups is 1. The number of carbonyl (C=O) groups excluding carboxylic acids is 1. The predicted molar refractivity (Wildman–Crippen MR) is 95.6 cm³/mol. The summed E-state index contributed by atoms with van der Waals surface area (Å²) in [6.45, 7) is 0.897. The van der Waals surface area contributed by atoms with Crippen LogP contribution in [0.2, 0.25) is 10.0 Å². The number of amides is 1. The van der Waals surface area contributed by atoms with E-state index in [2.05, 4.69) is 21.2 Å². The van der Waals surface area contributed by atoms with Gasteiger partial charge in [0, 0.05) is 11.0 Å². The third-order valence-corrected chi connectivity index (χ3v) is 4.44. The van der Waals surface area contributed by atoms with Crippen molar-refractivity contribution >= 4 is 50.7 Å². The lowest BCUT2D eigenvalue weighted by molar-refractivity contribution is -0.117. The molecule has 1 N–H and O–H groups in total. The number of nitrogens with zero attached hydrogens (tertiary/aromatic N) is 1. The Morgan fingerprint density at radius 3 is 2.41 bits per heavy atom. The summed E-state index contributed by atoms with van der Waals surface area (Å²) in [7, 11) is 1.88. The second-order valence-electron chi connectivity index (χ2n) is 4.91. The first-order chi connectivity index (χ1) is 10.5. The first kappa shape index (κ1) is 17.3. The van der Waals surface area contributed by atoms with Crippen molar-refractivity contribution in [1.29, 1.82) is 0 Å². The molecule has 6 heteroatoms. The highest BCUT2D eigenvalue weighted by molar-refractivity contribution is 9.10. The van der Waals surface area contributed by atoms with Crippen molar-refractivity contribution in [2.75, 3.05) is 18.9 Å². The molecule has 0 saturated carbocycles. The molecule has 116 valence electrons. The van der Waals surface area contributed by atoms with Crippen molar-refractivity contribution in [1.82, 2.24) is 4.90 Å². The van der Waals surface area contributed by atoms with Crippen LogP contribution in [0.4, 0.5) is 5.69 Å². The normalized spacial score (nSPS) is 10.8. The standard InChI is InChI=1S/C16H15BrCl2N2O/c1-21(9-11-5-2-3-6-12(11)17)10-15(22)20-16-13(18)7-4-8-14(16)19/h2-8H,9-10H2,1H3,(H,20,22). The molecule has 2 aromatic carbocycles. The van der Waals surface area contributed by atoms with Gasteiger partial charge in [0.05, 0.1) is 22.3 Å². The molecule has 0 saturated heterocycles. The lowest BCUT2D eigenvalue weighted by atomic mass is 10.2. The first-order valence-corrected chi connectivity index (χ1v) is 8.18. The van der Waals surface area contributed by atoms with E-state index in [0.717, 1.165) is 10.0 Å². The summed E-state index contributed by atoms with van der Waals surface area (Å²) in [4.78, 5) is 14.0. The van der Waals surface area contributed by atoms with Crippen LogP contribution in [0.5, 0.6) is 0 Å². The van der Waals surface area contributed by atoms with E-state index in [1.165, 1.54) is 0 Å². The van der Waals surface area contributed by atoms with Crippen molar-refractivity contribution in [3.8, 4) is 0 Å². The summed E-state index contributed by atoms with van der Waals surface area (Å²) in [5, 5.41) is 3.60. The van der Waals surface area contributed by atoms with E-state index < -0.39 is 0 Å². The van der Waals surface area contributed by atoms with E-state index in [4.69, 9.17) is 23.2 Å². The number of halogens is 3. The minimum atomic E-state index is -0.162. The van der Waals surface area contributed by atoms with Gasteiger partial charge in [0.25, 0.3) is 0 Å². The van der Waals surface area contributed by atoms with E-state index in [9.17, 15) is 4.79 Å². The van der Waals surface area contributed by atoms with Gasteiger partial charge >= 0.3 is 0 Å². The zero-order valence-electron chi connectivity index (χ0n) is 11.9. The Kier molecular flexibility index (Phi) is 6.26. The van der Waals surface area contributed by atoms with Crippen LogP contribution in [-0.2, 0) is 11.3 Å².